The molecule has 0 saturated carbocycles. The molecule has 0 radical (unpaired) electrons. The van der Waals surface area contributed by atoms with E-state index >= 15 is 0 Å². The van der Waals surface area contributed by atoms with Gasteiger partial charge >= 0.3 is 0 Å². The topological polar surface area (TPSA) is 84.2 Å². The van der Waals surface area contributed by atoms with E-state index in [0.29, 0.717) is 6.54 Å². The third kappa shape index (κ3) is 4.58. The van der Waals surface area contributed by atoms with Gasteiger partial charge in [-0.15, -0.1) is 0 Å². The molecule has 0 spiro atoms. The molecular weight excluding hydrogens is 245 g/mol. The number of rotatable bonds is 5. The molecule has 0 unspecified atom stereocenters. The number of benzene rings is 1. The summed E-state index contributed by atoms with van der Waals surface area (Å²) in [5.74, 6) is -0.378. The molecule has 0 aliphatic rings. The van der Waals surface area contributed by atoms with Crippen LogP contribution >= 0.6 is 0 Å². The number of nitrogens with two attached hydrogens (primary N) is 1. The van der Waals surface area contributed by atoms with Crippen LogP contribution in [0.25, 0.3) is 0 Å². The Hall–Kier alpha value is -1.34. The van der Waals surface area contributed by atoms with Gasteiger partial charge in [0.2, 0.25) is 0 Å². The molecule has 0 aliphatic heterocycles. The van der Waals surface area contributed by atoms with Crippen LogP contribution in [-0.4, -0.2) is 15.0 Å². The monoisotopic (exact) mass is 261 g/mol. The van der Waals surface area contributed by atoms with Crippen LogP contribution in [0.15, 0.2) is 18.2 Å². The van der Waals surface area contributed by atoms with Crippen molar-refractivity contribution in [3.05, 3.63) is 24.0 Å². The van der Waals surface area contributed by atoms with Crippen molar-refractivity contribution in [3.8, 4) is 0 Å². The van der Waals surface area contributed by atoms with Crippen LogP contribution in [0.4, 0.5) is 15.8 Å². The van der Waals surface area contributed by atoms with E-state index in [2.05, 4.69) is 9.44 Å². The zero-order chi connectivity index (χ0) is 13.1. The van der Waals surface area contributed by atoms with Crippen molar-refractivity contribution in [3.63, 3.8) is 0 Å². The van der Waals surface area contributed by atoms with Gasteiger partial charge in [-0.05, 0) is 18.1 Å². The standard InChI is InChI=1S/C10H16FN3O2S/c1-7(2)6-13-17(15,16)14-10-5-8(11)3-4-9(10)12/h3-5,7,13-14H,6,12H2,1-2H3. The van der Waals surface area contributed by atoms with Gasteiger partial charge in [0.1, 0.15) is 5.82 Å². The van der Waals surface area contributed by atoms with Gasteiger partial charge in [0.25, 0.3) is 10.2 Å². The number of nitrogen functional groups attached to an aromatic ring is 1. The fraction of sp³-hybridized carbons (Fsp3) is 0.400. The Morgan fingerprint density at radius 2 is 2.06 bits per heavy atom. The van der Waals surface area contributed by atoms with E-state index < -0.39 is 16.0 Å². The van der Waals surface area contributed by atoms with Crippen molar-refractivity contribution in [1.82, 2.24) is 4.72 Å². The SMILES string of the molecule is CC(C)CNS(=O)(=O)Nc1cc(F)ccc1N. The van der Waals surface area contributed by atoms with E-state index in [0.717, 1.165) is 12.1 Å². The van der Waals surface area contributed by atoms with Crippen molar-refractivity contribution < 1.29 is 12.8 Å². The molecule has 0 fully saturated rings. The molecule has 0 heterocycles. The van der Waals surface area contributed by atoms with Gasteiger partial charge in [-0.25, -0.2) is 4.39 Å². The molecule has 1 aromatic rings. The van der Waals surface area contributed by atoms with Crippen LogP contribution in [-0.2, 0) is 10.2 Å². The minimum absolute atomic E-state index is 0.0289. The highest BCUT2D eigenvalue weighted by Gasteiger charge is 2.12. The van der Waals surface area contributed by atoms with E-state index in [9.17, 15) is 12.8 Å². The minimum atomic E-state index is -3.72. The largest absolute Gasteiger partial charge is 0.397 e. The summed E-state index contributed by atoms with van der Waals surface area (Å²) in [7, 11) is -3.72. The molecule has 7 heteroatoms. The first-order chi connectivity index (χ1) is 7.80. The summed E-state index contributed by atoms with van der Waals surface area (Å²) in [6.07, 6.45) is 0. The first-order valence-electron chi connectivity index (χ1n) is 5.12. The number of nitrogens with one attached hydrogen (secondary N) is 2. The second kappa shape index (κ2) is 5.33. The Morgan fingerprint density at radius 3 is 2.65 bits per heavy atom. The van der Waals surface area contributed by atoms with Gasteiger partial charge in [0.15, 0.2) is 0 Å². The lowest BCUT2D eigenvalue weighted by Crippen LogP contribution is -2.33. The molecule has 4 N–H and O–H groups in total. The predicted molar refractivity (Wildman–Crippen MR) is 66.2 cm³/mol. The van der Waals surface area contributed by atoms with Crippen molar-refractivity contribution in [2.24, 2.45) is 5.92 Å². The maximum Gasteiger partial charge on any atom is 0.299 e. The van der Waals surface area contributed by atoms with E-state index in [1.165, 1.54) is 6.07 Å². The normalized spacial score (nSPS) is 11.8. The van der Waals surface area contributed by atoms with Crippen LogP contribution in [0.2, 0.25) is 0 Å². The Balaban J connectivity index is 2.79. The highest BCUT2D eigenvalue weighted by atomic mass is 32.2. The molecule has 5 nitrogen and oxygen atoms in total. The van der Waals surface area contributed by atoms with E-state index in [1.54, 1.807) is 0 Å². The molecule has 0 aromatic heterocycles. The average Bonchev–Trinajstić information content (AvgIpc) is 2.20. The molecule has 0 aliphatic carbocycles. The lowest BCUT2D eigenvalue weighted by Gasteiger charge is -2.12. The molecule has 1 rings (SSSR count). The second-order valence-corrected chi connectivity index (χ2v) is 5.58. The summed E-state index contributed by atoms with van der Waals surface area (Å²) < 4.78 is 40.6. The highest BCUT2D eigenvalue weighted by molar-refractivity contribution is 7.90. The molecule has 1 aromatic carbocycles. The van der Waals surface area contributed by atoms with Crippen molar-refractivity contribution in [2.75, 3.05) is 17.0 Å². The molecular formula is C10H16FN3O2S. The Bertz CT molecular complexity index is 488. The van der Waals surface area contributed by atoms with Gasteiger partial charge in [0, 0.05) is 12.6 Å². The first-order valence-corrected chi connectivity index (χ1v) is 6.61. The number of hydrogen-bond acceptors (Lipinski definition) is 3. The minimum Gasteiger partial charge on any atom is -0.397 e. The summed E-state index contributed by atoms with van der Waals surface area (Å²) >= 11 is 0. The summed E-state index contributed by atoms with van der Waals surface area (Å²) in [6.45, 7) is 4.04. The maximum absolute atomic E-state index is 12.9. The van der Waals surface area contributed by atoms with Gasteiger partial charge < -0.3 is 5.73 Å². The Labute approximate surface area is 100 Å². The van der Waals surface area contributed by atoms with Crippen molar-refractivity contribution >= 4 is 21.6 Å². The number of hydrogen-bond donors (Lipinski definition) is 3. The summed E-state index contributed by atoms with van der Waals surface area (Å²) in [5.41, 5.74) is 5.73. The average molecular weight is 261 g/mol. The quantitative estimate of drug-likeness (QED) is 0.699. The molecule has 17 heavy (non-hydrogen) atoms. The fourth-order valence-corrected chi connectivity index (χ4v) is 2.17. The van der Waals surface area contributed by atoms with Gasteiger partial charge in [0.05, 0.1) is 11.4 Å². The molecule has 96 valence electrons. The summed E-state index contributed by atoms with van der Waals surface area (Å²) in [4.78, 5) is 0. The van der Waals surface area contributed by atoms with Crippen molar-refractivity contribution in [2.45, 2.75) is 13.8 Å². The van der Waals surface area contributed by atoms with Gasteiger partial charge in [-0.3, -0.25) is 4.72 Å². The summed E-state index contributed by atoms with van der Waals surface area (Å²) in [5, 5.41) is 0. The van der Waals surface area contributed by atoms with Crippen LogP contribution in [0.3, 0.4) is 0 Å². The molecule has 0 atom stereocenters. The third-order valence-electron chi connectivity index (χ3n) is 1.94. The van der Waals surface area contributed by atoms with E-state index in [-0.39, 0.29) is 17.3 Å². The van der Waals surface area contributed by atoms with Gasteiger partial charge in [-0.1, -0.05) is 13.8 Å². The Morgan fingerprint density at radius 1 is 1.41 bits per heavy atom. The van der Waals surface area contributed by atoms with Crippen LogP contribution in [0.5, 0.6) is 0 Å². The van der Waals surface area contributed by atoms with Crippen molar-refractivity contribution in [1.29, 1.82) is 0 Å². The lowest BCUT2D eigenvalue weighted by atomic mass is 10.2. The van der Waals surface area contributed by atoms with Crippen LogP contribution < -0.4 is 15.2 Å². The predicted octanol–water partition coefficient (Wildman–Crippen LogP) is 1.31. The number of anilines is 2. The zero-order valence-corrected chi connectivity index (χ0v) is 10.5. The van der Waals surface area contributed by atoms with Crippen LogP contribution in [0.1, 0.15) is 13.8 Å². The molecule has 0 amide bonds. The van der Waals surface area contributed by atoms with Crippen LogP contribution in [0, 0.1) is 11.7 Å². The smallest absolute Gasteiger partial charge is 0.299 e. The van der Waals surface area contributed by atoms with E-state index in [1.807, 2.05) is 13.8 Å². The van der Waals surface area contributed by atoms with Gasteiger partial charge in [-0.2, -0.15) is 13.1 Å². The fourth-order valence-electron chi connectivity index (χ4n) is 1.07. The molecule has 0 bridgehead atoms. The maximum atomic E-state index is 12.9. The molecule has 0 saturated heterocycles. The zero-order valence-electron chi connectivity index (χ0n) is 9.70. The lowest BCUT2D eigenvalue weighted by molar-refractivity contribution is 0.565. The Kier molecular flexibility index (Phi) is 4.30. The first kappa shape index (κ1) is 13.7. The second-order valence-electron chi connectivity index (χ2n) is 4.08. The number of halogens is 1. The third-order valence-corrected chi connectivity index (χ3v) is 2.98. The summed E-state index contributed by atoms with van der Waals surface area (Å²) in [6, 6.07) is 3.49. The highest BCUT2D eigenvalue weighted by Crippen LogP contribution is 2.19. The van der Waals surface area contributed by atoms with E-state index in [4.69, 9.17) is 5.73 Å².